The third kappa shape index (κ3) is 4.46. The Kier molecular flexibility index (Phi) is 5.96. The molecule has 0 aliphatic rings. The Bertz CT molecular complexity index is 450. The lowest BCUT2D eigenvalue weighted by Gasteiger charge is -2.34. The number of carbonyl (C=O) groups is 1. The topological polar surface area (TPSA) is 35.5 Å². The van der Waals surface area contributed by atoms with Crippen LogP contribution in [0.3, 0.4) is 0 Å². The summed E-state index contributed by atoms with van der Waals surface area (Å²) in [5.74, 6) is 0.807. The summed E-state index contributed by atoms with van der Waals surface area (Å²) >= 11 is 0. The second-order valence-electron chi connectivity index (χ2n) is 6.12. The molecular weight excluding hydrogens is 268 g/mol. The van der Waals surface area contributed by atoms with E-state index in [0.717, 1.165) is 17.6 Å². The van der Waals surface area contributed by atoms with E-state index < -0.39 is 9.04 Å². The molecule has 1 radical (unpaired) electrons. The maximum Gasteiger partial charge on any atom is 0.205 e. The molecule has 111 valence electrons. The zero-order chi connectivity index (χ0) is 15.3. The normalized spacial score (nSPS) is 13.3. The molecule has 0 fully saturated rings. The molecule has 0 aliphatic heterocycles. The van der Waals surface area contributed by atoms with Crippen LogP contribution in [0.1, 0.15) is 49.7 Å². The minimum Gasteiger partial charge on any atom is -0.493 e. The summed E-state index contributed by atoms with van der Waals surface area (Å²) in [5.41, 5.74) is 1.56. The molecule has 0 N–H and O–H groups in total. The van der Waals surface area contributed by atoms with Crippen molar-refractivity contribution in [3.05, 3.63) is 29.3 Å². The van der Waals surface area contributed by atoms with Crippen LogP contribution >= 0.6 is 0 Å². The standard InChI is InChI=1S/C16H25O3Si/c1-7-18-14-9-8-12(11-17)10-13(14)15(16(2,3)4)19-20(5)6/h8-11,15H,7H2,1-6H3. The SMILES string of the molecule is CCOc1ccc(C=O)cc1C(O[Si](C)C)C(C)(C)C. The van der Waals surface area contributed by atoms with E-state index >= 15 is 0 Å². The Hall–Kier alpha value is -1.13. The van der Waals surface area contributed by atoms with Gasteiger partial charge in [0.25, 0.3) is 0 Å². The van der Waals surface area contributed by atoms with Gasteiger partial charge in [0.15, 0.2) is 0 Å². The third-order valence-electron chi connectivity index (χ3n) is 2.89. The highest BCUT2D eigenvalue weighted by molar-refractivity contribution is 6.48. The predicted octanol–water partition coefficient (Wildman–Crippen LogP) is 4.25. The molecule has 3 nitrogen and oxygen atoms in total. The first kappa shape index (κ1) is 16.9. The van der Waals surface area contributed by atoms with E-state index in [9.17, 15) is 4.79 Å². The Morgan fingerprint density at radius 2 is 1.95 bits per heavy atom. The van der Waals surface area contributed by atoms with Gasteiger partial charge in [0.1, 0.15) is 12.0 Å². The van der Waals surface area contributed by atoms with Gasteiger partial charge in [0.05, 0.1) is 12.7 Å². The number of aldehydes is 1. The van der Waals surface area contributed by atoms with Gasteiger partial charge in [0, 0.05) is 11.1 Å². The summed E-state index contributed by atoms with van der Waals surface area (Å²) in [7, 11) is -0.857. The average Bonchev–Trinajstić information content (AvgIpc) is 2.35. The quantitative estimate of drug-likeness (QED) is 0.581. The zero-order valence-corrected chi connectivity index (χ0v) is 14.3. The van der Waals surface area contributed by atoms with Crippen molar-refractivity contribution in [2.24, 2.45) is 5.41 Å². The van der Waals surface area contributed by atoms with E-state index in [2.05, 4.69) is 33.9 Å². The molecule has 1 atom stereocenters. The van der Waals surface area contributed by atoms with Crippen LogP contribution in [0.4, 0.5) is 0 Å². The summed E-state index contributed by atoms with van der Waals surface area (Å²) < 4.78 is 11.9. The van der Waals surface area contributed by atoms with Crippen molar-refractivity contribution in [2.45, 2.75) is 46.9 Å². The highest BCUT2D eigenvalue weighted by Crippen LogP contribution is 2.41. The van der Waals surface area contributed by atoms with Crippen LogP contribution < -0.4 is 4.74 Å². The van der Waals surface area contributed by atoms with E-state index in [0.29, 0.717) is 12.2 Å². The minimum absolute atomic E-state index is 0.0602. The van der Waals surface area contributed by atoms with Gasteiger partial charge in [-0.05, 0) is 43.6 Å². The maximum atomic E-state index is 11.0. The molecule has 1 unspecified atom stereocenters. The van der Waals surface area contributed by atoms with Crippen molar-refractivity contribution in [1.82, 2.24) is 0 Å². The van der Waals surface area contributed by atoms with Gasteiger partial charge < -0.3 is 9.16 Å². The van der Waals surface area contributed by atoms with Crippen LogP contribution in [-0.4, -0.2) is 21.9 Å². The monoisotopic (exact) mass is 293 g/mol. The molecule has 0 heterocycles. The Morgan fingerprint density at radius 1 is 1.30 bits per heavy atom. The molecule has 4 heteroatoms. The van der Waals surface area contributed by atoms with E-state index in [1.54, 1.807) is 6.07 Å². The summed E-state index contributed by atoms with van der Waals surface area (Å²) in [4.78, 5) is 11.0. The lowest BCUT2D eigenvalue weighted by molar-refractivity contribution is 0.0833. The van der Waals surface area contributed by atoms with Crippen LogP contribution in [0.15, 0.2) is 18.2 Å². The third-order valence-corrected chi connectivity index (χ3v) is 3.60. The molecule has 0 saturated heterocycles. The molecule has 1 aromatic rings. The average molecular weight is 293 g/mol. The number of hydrogen-bond acceptors (Lipinski definition) is 3. The maximum absolute atomic E-state index is 11.0. The van der Waals surface area contributed by atoms with Gasteiger partial charge in [-0.15, -0.1) is 0 Å². The molecule has 0 aliphatic carbocycles. The molecule has 0 spiro atoms. The molecule has 0 aromatic heterocycles. The van der Waals surface area contributed by atoms with Crippen LogP contribution in [0.25, 0.3) is 0 Å². The fourth-order valence-corrected chi connectivity index (χ4v) is 3.03. The number of carbonyl (C=O) groups excluding carboxylic acids is 1. The molecule has 0 bridgehead atoms. The second kappa shape index (κ2) is 7.04. The molecular formula is C16H25O3Si. The minimum atomic E-state index is -0.857. The van der Waals surface area contributed by atoms with Crippen molar-refractivity contribution in [2.75, 3.05) is 6.61 Å². The van der Waals surface area contributed by atoms with Gasteiger partial charge in [-0.1, -0.05) is 20.8 Å². The van der Waals surface area contributed by atoms with Crippen LogP contribution in [-0.2, 0) is 4.43 Å². The Balaban J connectivity index is 3.31. The number of rotatable bonds is 6. The fraction of sp³-hybridized carbons (Fsp3) is 0.562. The molecule has 1 aromatic carbocycles. The van der Waals surface area contributed by atoms with E-state index in [-0.39, 0.29) is 11.5 Å². The predicted molar refractivity (Wildman–Crippen MR) is 83.8 cm³/mol. The molecule has 0 saturated carbocycles. The number of ether oxygens (including phenoxy) is 1. The van der Waals surface area contributed by atoms with Gasteiger partial charge in [0.2, 0.25) is 9.04 Å². The van der Waals surface area contributed by atoms with Gasteiger partial charge in [-0.25, -0.2) is 0 Å². The number of benzene rings is 1. The van der Waals surface area contributed by atoms with E-state index in [4.69, 9.17) is 9.16 Å². The Morgan fingerprint density at radius 3 is 2.40 bits per heavy atom. The Labute approximate surface area is 124 Å². The molecule has 1 rings (SSSR count). The van der Waals surface area contributed by atoms with E-state index in [1.807, 2.05) is 19.1 Å². The van der Waals surface area contributed by atoms with Gasteiger partial charge in [-0.2, -0.15) is 0 Å². The van der Waals surface area contributed by atoms with Crippen molar-refractivity contribution >= 4 is 15.3 Å². The number of hydrogen-bond donors (Lipinski definition) is 0. The molecule has 0 amide bonds. The lowest BCUT2D eigenvalue weighted by atomic mass is 9.84. The summed E-state index contributed by atoms with van der Waals surface area (Å²) in [6.45, 7) is 13.2. The smallest absolute Gasteiger partial charge is 0.205 e. The van der Waals surface area contributed by atoms with Crippen LogP contribution in [0.5, 0.6) is 5.75 Å². The van der Waals surface area contributed by atoms with Gasteiger partial charge in [-0.3, -0.25) is 4.79 Å². The van der Waals surface area contributed by atoms with E-state index in [1.165, 1.54) is 0 Å². The van der Waals surface area contributed by atoms with Crippen molar-refractivity contribution < 1.29 is 14.0 Å². The first-order valence-electron chi connectivity index (χ1n) is 6.98. The zero-order valence-electron chi connectivity index (χ0n) is 13.3. The molecule has 20 heavy (non-hydrogen) atoms. The second-order valence-corrected chi connectivity index (χ2v) is 8.17. The summed E-state index contributed by atoms with van der Waals surface area (Å²) in [6.07, 6.45) is 0.788. The van der Waals surface area contributed by atoms with Crippen molar-refractivity contribution in [1.29, 1.82) is 0 Å². The largest absolute Gasteiger partial charge is 0.493 e. The van der Waals surface area contributed by atoms with Gasteiger partial charge >= 0.3 is 0 Å². The first-order chi connectivity index (χ1) is 9.29. The highest BCUT2D eigenvalue weighted by Gasteiger charge is 2.30. The summed E-state index contributed by atoms with van der Waals surface area (Å²) in [6, 6.07) is 5.53. The summed E-state index contributed by atoms with van der Waals surface area (Å²) in [5, 5.41) is 0. The van der Waals surface area contributed by atoms with Crippen molar-refractivity contribution in [3.8, 4) is 5.75 Å². The van der Waals surface area contributed by atoms with Crippen molar-refractivity contribution in [3.63, 3.8) is 0 Å². The van der Waals surface area contributed by atoms with Crippen LogP contribution in [0.2, 0.25) is 13.1 Å². The van der Waals surface area contributed by atoms with Crippen LogP contribution in [0, 0.1) is 5.41 Å². The fourth-order valence-electron chi connectivity index (χ4n) is 2.07. The lowest BCUT2D eigenvalue weighted by Crippen LogP contribution is -2.26. The first-order valence-corrected chi connectivity index (χ1v) is 9.39. The highest BCUT2D eigenvalue weighted by atomic mass is 28.3.